The SMILES string of the molecule is CCN1CC(C(=O)NCc2ccc(OCC3CC3)nc2)CC1=O. The molecule has 1 saturated carbocycles. The van der Waals surface area contributed by atoms with Gasteiger partial charge in [-0.15, -0.1) is 0 Å². The maximum absolute atomic E-state index is 12.1. The number of likely N-dealkylation sites (tertiary alicyclic amines) is 1. The molecule has 1 aliphatic carbocycles. The number of carbonyl (C=O) groups is 2. The standard InChI is InChI=1S/C17H23N3O3/c1-2-20-10-14(7-16(20)21)17(22)19-9-13-5-6-15(18-8-13)23-11-12-3-4-12/h5-6,8,12,14H,2-4,7,9-11H2,1H3,(H,19,22). The summed E-state index contributed by atoms with van der Waals surface area (Å²) in [5.74, 6) is 1.09. The number of hydrogen-bond donors (Lipinski definition) is 1. The fourth-order valence-electron chi connectivity index (χ4n) is 2.68. The molecule has 0 spiro atoms. The molecule has 2 heterocycles. The van der Waals surface area contributed by atoms with Crippen molar-refractivity contribution >= 4 is 11.8 Å². The summed E-state index contributed by atoms with van der Waals surface area (Å²) in [5.41, 5.74) is 0.925. The van der Waals surface area contributed by atoms with E-state index in [1.54, 1.807) is 11.1 Å². The number of amides is 2. The Kier molecular flexibility index (Phi) is 4.79. The normalized spacial score (nSPS) is 20.7. The zero-order valence-electron chi connectivity index (χ0n) is 13.5. The van der Waals surface area contributed by atoms with Crippen LogP contribution < -0.4 is 10.1 Å². The molecule has 0 radical (unpaired) electrons. The fourth-order valence-corrected chi connectivity index (χ4v) is 2.68. The van der Waals surface area contributed by atoms with E-state index in [0.29, 0.717) is 37.9 Å². The van der Waals surface area contributed by atoms with E-state index in [1.807, 2.05) is 19.1 Å². The van der Waals surface area contributed by atoms with Crippen LogP contribution in [0.3, 0.4) is 0 Å². The first kappa shape index (κ1) is 15.8. The summed E-state index contributed by atoms with van der Waals surface area (Å²) >= 11 is 0. The van der Waals surface area contributed by atoms with Crippen molar-refractivity contribution < 1.29 is 14.3 Å². The van der Waals surface area contributed by atoms with Gasteiger partial charge < -0.3 is 15.0 Å². The molecule has 2 amide bonds. The van der Waals surface area contributed by atoms with Crippen LogP contribution in [-0.4, -0.2) is 41.4 Å². The van der Waals surface area contributed by atoms with Crippen LogP contribution in [0.4, 0.5) is 0 Å². The van der Waals surface area contributed by atoms with E-state index in [1.165, 1.54) is 12.8 Å². The molecular formula is C17H23N3O3. The number of carbonyl (C=O) groups excluding carboxylic acids is 2. The number of rotatable bonds is 7. The van der Waals surface area contributed by atoms with Gasteiger partial charge in [0.25, 0.3) is 0 Å². The molecule has 1 saturated heterocycles. The molecule has 0 aromatic carbocycles. The number of pyridine rings is 1. The largest absolute Gasteiger partial charge is 0.477 e. The van der Waals surface area contributed by atoms with Crippen molar-refractivity contribution in [3.63, 3.8) is 0 Å². The minimum atomic E-state index is -0.239. The van der Waals surface area contributed by atoms with Gasteiger partial charge in [0.1, 0.15) is 0 Å². The summed E-state index contributed by atoms with van der Waals surface area (Å²) in [6, 6.07) is 3.75. The highest BCUT2D eigenvalue weighted by Crippen LogP contribution is 2.29. The molecular weight excluding hydrogens is 294 g/mol. The Bertz CT molecular complexity index is 569. The average molecular weight is 317 g/mol. The maximum Gasteiger partial charge on any atom is 0.225 e. The Morgan fingerprint density at radius 3 is 2.87 bits per heavy atom. The monoisotopic (exact) mass is 317 g/mol. The number of nitrogens with zero attached hydrogens (tertiary/aromatic N) is 2. The first-order chi connectivity index (χ1) is 11.2. The van der Waals surface area contributed by atoms with Gasteiger partial charge in [-0.25, -0.2) is 4.98 Å². The predicted molar refractivity (Wildman–Crippen MR) is 84.7 cm³/mol. The topological polar surface area (TPSA) is 71.5 Å². The predicted octanol–water partition coefficient (Wildman–Crippen LogP) is 1.35. The van der Waals surface area contributed by atoms with Crippen LogP contribution in [0.25, 0.3) is 0 Å². The van der Waals surface area contributed by atoms with E-state index in [4.69, 9.17) is 4.74 Å². The number of hydrogen-bond acceptors (Lipinski definition) is 4. The van der Waals surface area contributed by atoms with E-state index < -0.39 is 0 Å². The van der Waals surface area contributed by atoms with Gasteiger partial charge in [-0.1, -0.05) is 6.07 Å². The minimum Gasteiger partial charge on any atom is -0.477 e. The van der Waals surface area contributed by atoms with Crippen LogP contribution >= 0.6 is 0 Å². The second kappa shape index (κ2) is 6.98. The van der Waals surface area contributed by atoms with E-state index in [2.05, 4.69) is 10.3 Å². The zero-order chi connectivity index (χ0) is 16.2. The van der Waals surface area contributed by atoms with Crippen molar-refractivity contribution in [2.45, 2.75) is 32.7 Å². The summed E-state index contributed by atoms with van der Waals surface area (Å²) in [5, 5.41) is 2.89. The van der Waals surface area contributed by atoms with Gasteiger partial charge >= 0.3 is 0 Å². The van der Waals surface area contributed by atoms with E-state index in [9.17, 15) is 9.59 Å². The molecule has 6 nitrogen and oxygen atoms in total. The van der Waals surface area contributed by atoms with Gasteiger partial charge in [0.2, 0.25) is 17.7 Å². The van der Waals surface area contributed by atoms with Crippen LogP contribution in [0, 0.1) is 11.8 Å². The molecule has 3 rings (SSSR count). The summed E-state index contributed by atoms with van der Waals surface area (Å²) in [6.45, 7) is 4.27. The third-order valence-corrected chi connectivity index (χ3v) is 4.40. The summed E-state index contributed by atoms with van der Waals surface area (Å²) in [4.78, 5) is 29.8. The Hall–Kier alpha value is -2.11. The minimum absolute atomic E-state index is 0.0616. The Morgan fingerprint density at radius 1 is 1.43 bits per heavy atom. The smallest absolute Gasteiger partial charge is 0.225 e. The van der Waals surface area contributed by atoms with Gasteiger partial charge in [0.05, 0.1) is 12.5 Å². The number of aromatic nitrogens is 1. The van der Waals surface area contributed by atoms with Gasteiger partial charge in [-0.3, -0.25) is 9.59 Å². The summed E-state index contributed by atoms with van der Waals surface area (Å²) in [7, 11) is 0. The third-order valence-electron chi connectivity index (χ3n) is 4.40. The van der Waals surface area contributed by atoms with Crippen molar-refractivity contribution in [2.24, 2.45) is 11.8 Å². The lowest BCUT2D eigenvalue weighted by molar-refractivity contribution is -0.128. The first-order valence-electron chi connectivity index (χ1n) is 8.29. The molecule has 1 aromatic heterocycles. The zero-order valence-corrected chi connectivity index (χ0v) is 13.5. The average Bonchev–Trinajstić information content (AvgIpc) is 3.32. The van der Waals surface area contributed by atoms with E-state index in [0.717, 1.165) is 12.2 Å². The molecule has 1 atom stereocenters. The molecule has 1 N–H and O–H groups in total. The van der Waals surface area contributed by atoms with Crippen LogP contribution in [0.2, 0.25) is 0 Å². The first-order valence-corrected chi connectivity index (χ1v) is 8.29. The van der Waals surface area contributed by atoms with Crippen molar-refractivity contribution in [3.05, 3.63) is 23.9 Å². The lowest BCUT2D eigenvalue weighted by Gasteiger charge is -2.13. The molecule has 2 fully saturated rings. The molecule has 23 heavy (non-hydrogen) atoms. The van der Waals surface area contributed by atoms with E-state index >= 15 is 0 Å². The molecule has 1 unspecified atom stereocenters. The molecule has 124 valence electrons. The quantitative estimate of drug-likeness (QED) is 0.824. The van der Waals surface area contributed by atoms with Crippen molar-refractivity contribution in [2.75, 3.05) is 19.7 Å². The summed E-state index contributed by atoms with van der Waals surface area (Å²) < 4.78 is 5.59. The second-order valence-electron chi connectivity index (χ2n) is 6.31. The third kappa shape index (κ3) is 4.21. The lowest BCUT2D eigenvalue weighted by atomic mass is 10.1. The molecule has 1 aliphatic heterocycles. The molecule has 6 heteroatoms. The molecule has 0 bridgehead atoms. The van der Waals surface area contributed by atoms with Gasteiger partial charge in [-0.2, -0.15) is 0 Å². The highest BCUT2D eigenvalue weighted by Gasteiger charge is 2.33. The number of nitrogens with one attached hydrogen (secondary N) is 1. The van der Waals surface area contributed by atoms with Crippen molar-refractivity contribution in [1.82, 2.24) is 15.2 Å². The van der Waals surface area contributed by atoms with Crippen molar-refractivity contribution in [1.29, 1.82) is 0 Å². The van der Waals surface area contributed by atoms with E-state index in [-0.39, 0.29) is 17.7 Å². The second-order valence-corrected chi connectivity index (χ2v) is 6.31. The van der Waals surface area contributed by atoms with Crippen LogP contribution in [-0.2, 0) is 16.1 Å². The lowest BCUT2D eigenvalue weighted by Crippen LogP contribution is -2.32. The van der Waals surface area contributed by atoms with Crippen LogP contribution in [0.1, 0.15) is 31.7 Å². The highest BCUT2D eigenvalue weighted by atomic mass is 16.5. The summed E-state index contributed by atoms with van der Waals surface area (Å²) in [6.07, 6.45) is 4.54. The van der Waals surface area contributed by atoms with Crippen molar-refractivity contribution in [3.8, 4) is 5.88 Å². The fraction of sp³-hybridized carbons (Fsp3) is 0.588. The molecule has 1 aromatic rings. The Labute approximate surface area is 136 Å². The van der Waals surface area contributed by atoms with Gasteiger partial charge in [-0.05, 0) is 31.2 Å². The molecule has 2 aliphatic rings. The maximum atomic E-state index is 12.1. The Morgan fingerprint density at radius 2 is 2.26 bits per heavy atom. The van der Waals surface area contributed by atoms with Gasteiger partial charge in [0.15, 0.2) is 0 Å². The number of ether oxygens (including phenoxy) is 1. The Balaban J connectivity index is 1.44. The highest BCUT2D eigenvalue weighted by molar-refractivity contribution is 5.89. The van der Waals surface area contributed by atoms with Crippen LogP contribution in [0.15, 0.2) is 18.3 Å². The van der Waals surface area contributed by atoms with Gasteiger partial charge in [0, 0.05) is 38.3 Å². The van der Waals surface area contributed by atoms with Crippen LogP contribution in [0.5, 0.6) is 5.88 Å².